The smallest absolute Gasteiger partial charge is 0.490 e. The summed E-state index contributed by atoms with van der Waals surface area (Å²) < 4.78 is 47.4. The highest BCUT2D eigenvalue weighted by Crippen LogP contribution is 2.27. The molecule has 12 heteroatoms. The summed E-state index contributed by atoms with van der Waals surface area (Å²) in [6, 6.07) is 15.9. The fourth-order valence-electron chi connectivity index (χ4n) is 4.53. The molecule has 0 radical (unpaired) electrons. The molecule has 0 atom stereocenters. The third kappa shape index (κ3) is 6.75. The van der Waals surface area contributed by atoms with Crippen LogP contribution in [-0.2, 0) is 4.79 Å². The fourth-order valence-corrected chi connectivity index (χ4v) is 4.53. The van der Waals surface area contributed by atoms with Crippen LogP contribution in [0.5, 0.6) is 11.5 Å². The van der Waals surface area contributed by atoms with Gasteiger partial charge in [0.05, 0.1) is 5.92 Å². The number of rotatable bonds is 7. The van der Waals surface area contributed by atoms with Crippen LogP contribution in [0.2, 0.25) is 0 Å². The predicted molar refractivity (Wildman–Crippen MR) is 135 cm³/mol. The number of anilines is 2. The first-order chi connectivity index (χ1) is 18.7. The number of nitrogens with one attached hydrogen (secondary N) is 1. The number of halogens is 3. The summed E-state index contributed by atoms with van der Waals surface area (Å²) in [7, 11) is 0. The fraction of sp³-hybridized carbons (Fsp3) is 0.333. The van der Waals surface area contributed by atoms with E-state index >= 15 is 0 Å². The van der Waals surface area contributed by atoms with E-state index in [-0.39, 0.29) is 29.4 Å². The van der Waals surface area contributed by atoms with Crippen molar-refractivity contribution in [1.29, 1.82) is 0 Å². The van der Waals surface area contributed by atoms with Crippen LogP contribution in [0, 0.1) is 5.92 Å². The number of alkyl halides is 3. The zero-order valence-corrected chi connectivity index (χ0v) is 20.8. The van der Waals surface area contributed by atoms with E-state index in [1.54, 1.807) is 35.4 Å². The summed E-state index contributed by atoms with van der Waals surface area (Å²) in [6.07, 6.45) is -2.18. The standard InChI is InChI=1S/C27H26F3N5O4/c28-27(29,30)39-23-4-1-3-18(15-23)26(37)34-13-10-22(11-14-34)38-21-8-6-20(7-9-21)32-25(36)19-16-35(17-19)24-5-2-12-31-33-24/h1-9,12,15,19,22H,10-11,13-14,16-17H2,(H,32,36). The SMILES string of the molecule is O=C(Nc1ccc(OC2CCN(C(=O)c3cccc(OC(F)(F)F)c3)CC2)cc1)C1CN(c2cccnn2)C1. The van der Waals surface area contributed by atoms with Crippen molar-refractivity contribution in [2.75, 3.05) is 36.4 Å². The van der Waals surface area contributed by atoms with Crippen molar-refractivity contribution in [3.05, 3.63) is 72.4 Å². The monoisotopic (exact) mass is 541 g/mol. The van der Waals surface area contributed by atoms with Gasteiger partial charge in [-0.15, -0.1) is 18.3 Å². The van der Waals surface area contributed by atoms with Gasteiger partial charge >= 0.3 is 6.36 Å². The Morgan fingerprint density at radius 3 is 2.36 bits per heavy atom. The minimum atomic E-state index is -4.82. The van der Waals surface area contributed by atoms with Crippen LogP contribution in [0.15, 0.2) is 66.9 Å². The Bertz CT molecular complexity index is 1290. The van der Waals surface area contributed by atoms with E-state index in [1.807, 2.05) is 17.0 Å². The van der Waals surface area contributed by atoms with Crippen LogP contribution >= 0.6 is 0 Å². The second-order valence-corrected chi connectivity index (χ2v) is 9.38. The average molecular weight is 542 g/mol. The molecule has 0 bridgehead atoms. The maximum Gasteiger partial charge on any atom is 0.573 e. The second kappa shape index (κ2) is 11.2. The van der Waals surface area contributed by atoms with Crippen LogP contribution < -0.4 is 19.7 Å². The highest BCUT2D eigenvalue weighted by atomic mass is 19.4. The molecule has 0 unspecified atom stereocenters. The van der Waals surface area contributed by atoms with Gasteiger partial charge in [0.25, 0.3) is 5.91 Å². The molecule has 2 fully saturated rings. The normalized spacial score (nSPS) is 16.4. The van der Waals surface area contributed by atoms with Gasteiger partial charge in [-0.05, 0) is 54.6 Å². The lowest BCUT2D eigenvalue weighted by Gasteiger charge is -2.38. The summed E-state index contributed by atoms with van der Waals surface area (Å²) in [5.74, 6) is 0.428. The van der Waals surface area contributed by atoms with Crippen molar-refractivity contribution in [3.63, 3.8) is 0 Å². The predicted octanol–water partition coefficient (Wildman–Crippen LogP) is 4.13. The number of piperidine rings is 1. The van der Waals surface area contributed by atoms with Crippen molar-refractivity contribution in [2.24, 2.45) is 5.92 Å². The van der Waals surface area contributed by atoms with Crippen molar-refractivity contribution in [1.82, 2.24) is 15.1 Å². The van der Waals surface area contributed by atoms with Crippen LogP contribution in [-0.4, -0.2) is 65.6 Å². The molecule has 204 valence electrons. The van der Waals surface area contributed by atoms with Crippen LogP contribution in [0.3, 0.4) is 0 Å². The van der Waals surface area contributed by atoms with E-state index < -0.39 is 12.1 Å². The maximum absolute atomic E-state index is 12.8. The Morgan fingerprint density at radius 1 is 0.949 bits per heavy atom. The lowest BCUT2D eigenvalue weighted by atomic mass is 9.99. The van der Waals surface area contributed by atoms with Crippen molar-refractivity contribution < 1.29 is 32.2 Å². The first-order valence-corrected chi connectivity index (χ1v) is 12.5. The summed E-state index contributed by atoms with van der Waals surface area (Å²) in [5.41, 5.74) is 0.805. The van der Waals surface area contributed by atoms with Crippen LogP contribution in [0.25, 0.3) is 0 Å². The molecule has 9 nitrogen and oxygen atoms in total. The Kier molecular flexibility index (Phi) is 7.53. The molecule has 2 aromatic carbocycles. The summed E-state index contributed by atoms with van der Waals surface area (Å²) in [6.45, 7) is 1.99. The minimum absolute atomic E-state index is 0.0589. The number of amides is 2. The summed E-state index contributed by atoms with van der Waals surface area (Å²) >= 11 is 0. The number of hydrogen-bond acceptors (Lipinski definition) is 7. The van der Waals surface area contributed by atoms with E-state index in [0.717, 1.165) is 18.0 Å². The van der Waals surface area contributed by atoms with Gasteiger partial charge in [-0.1, -0.05) is 6.07 Å². The third-order valence-corrected chi connectivity index (χ3v) is 6.60. The molecule has 2 amide bonds. The molecular weight excluding hydrogens is 515 g/mol. The second-order valence-electron chi connectivity index (χ2n) is 9.38. The van der Waals surface area contributed by atoms with Gasteiger partial charge in [0.15, 0.2) is 5.82 Å². The molecule has 3 aromatic rings. The number of hydrogen-bond donors (Lipinski definition) is 1. The highest BCUT2D eigenvalue weighted by Gasteiger charge is 2.34. The van der Waals surface area contributed by atoms with E-state index in [1.165, 1.54) is 12.1 Å². The summed E-state index contributed by atoms with van der Waals surface area (Å²) in [4.78, 5) is 28.9. The topological polar surface area (TPSA) is 96.9 Å². The molecule has 1 aromatic heterocycles. The number of aromatic nitrogens is 2. The molecule has 0 saturated carbocycles. The maximum atomic E-state index is 12.8. The average Bonchev–Trinajstić information content (AvgIpc) is 2.89. The first-order valence-electron chi connectivity index (χ1n) is 12.5. The molecule has 1 N–H and O–H groups in total. The molecule has 2 saturated heterocycles. The molecule has 2 aliphatic rings. The molecule has 5 rings (SSSR count). The van der Waals surface area contributed by atoms with Gasteiger partial charge in [0, 0.05) is 56.5 Å². The lowest BCUT2D eigenvalue weighted by Crippen LogP contribution is -2.52. The quantitative estimate of drug-likeness (QED) is 0.481. The van der Waals surface area contributed by atoms with Gasteiger partial charge in [-0.25, -0.2) is 0 Å². The van der Waals surface area contributed by atoms with Gasteiger partial charge < -0.3 is 24.6 Å². The van der Waals surface area contributed by atoms with Crippen LogP contribution in [0.1, 0.15) is 23.2 Å². The molecule has 3 heterocycles. The van der Waals surface area contributed by atoms with Gasteiger partial charge in [-0.2, -0.15) is 5.10 Å². The van der Waals surface area contributed by atoms with E-state index in [4.69, 9.17) is 4.74 Å². The van der Waals surface area contributed by atoms with E-state index in [9.17, 15) is 22.8 Å². The molecular formula is C27H26F3N5O4. The van der Waals surface area contributed by atoms with E-state index in [0.29, 0.717) is 50.5 Å². The lowest BCUT2D eigenvalue weighted by molar-refractivity contribution is -0.274. The molecule has 39 heavy (non-hydrogen) atoms. The van der Waals surface area contributed by atoms with Crippen molar-refractivity contribution in [2.45, 2.75) is 25.3 Å². The highest BCUT2D eigenvalue weighted by molar-refractivity contribution is 5.95. The van der Waals surface area contributed by atoms with Gasteiger partial charge in [-0.3, -0.25) is 9.59 Å². The number of nitrogens with zero attached hydrogens (tertiary/aromatic N) is 4. The number of carbonyl (C=O) groups excluding carboxylic acids is 2. The Balaban J connectivity index is 1.06. The largest absolute Gasteiger partial charge is 0.573 e. The zero-order chi connectivity index (χ0) is 27.4. The van der Waals surface area contributed by atoms with Crippen LogP contribution in [0.4, 0.5) is 24.7 Å². The number of benzene rings is 2. The number of ether oxygens (including phenoxy) is 2. The van der Waals surface area contributed by atoms with Gasteiger partial charge in [0.2, 0.25) is 5.91 Å². The Morgan fingerprint density at radius 2 is 1.69 bits per heavy atom. The summed E-state index contributed by atoms with van der Waals surface area (Å²) in [5, 5.41) is 10.8. The third-order valence-electron chi connectivity index (χ3n) is 6.60. The number of likely N-dealkylation sites (tertiary alicyclic amines) is 1. The number of carbonyl (C=O) groups is 2. The van der Waals surface area contributed by atoms with Crippen molar-refractivity contribution >= 4 is 23.3 Å². The van der Waals surface area contributed by atoms with Gasteiger partial charge in [0.1, 0.15) is 17.6 Å². The Labute approximate surface area is 222 Å². The minimum Gasteiger partial charge on any atom is -0.490 e. The molecule has 0 spiro atoms. The Hall–Kier alpha value is -4.35. The molecule has 0 aliphatic carbocycles. The van der Waals surface area contributed by atoms with E-state index in [2.05, 4.69) is 20.3 Å². The zero-order valence-electron chi connectivity index (χ0n) is 20.8. The molecule has 2 aliphatic heterocycles. The van der Waals surface area contributed by atoms with Crippen molar-refractivity contribution in [3.8, 4) is 11.5 Å². The first kappa shape index (κ1) is 26.3.